The van der Waals surface area contributed by atoms with E-state index in [1.807, 2.05) is 0 Å². The molecule has 46 heavy (non-hydrogen) atoms. The van der Waals surface area contributed by atoms with E-state index in [1.54, 1.807) is 0 Å². The molecule has 2 N–H and O–H groups in total. The Morgan fingerprint density at radius 3 is 0.848 bits per heavy atom. The van der Waals surface area contributed by atoms with Gasteiger partial charge in [0.05, 0.1) is 5.60 Å². The predicted molar refractivity (Wildman–Crippen MR) is 196 cm³/mol. The van der Waals surface area contributed by atoms with Crippen LogP contribution in [0.1, 0.15) is 239 Å². The fraction of sp³-hybridized carbons (Fsp3) is 1.00. The van der Waals surface area contributed by atoms with Crippen LogP contribution in [0.3, 0.4) is 0 Å². The number of hydrogen-bond acceptors (Lipinski definition) is 5. The summed E-state index contributed by atoms with van der Waals surface area (Å²) in [6.07, 6.45) is 44.1. The molecule has 7 heteroatoms. The maximum Gasteiger partial charge on any atom is 0.424 e. The fourth-order valence-corrected chi connectivity index (χ4v) is 6.81. The van der Waals surface area contributed by atoms with Crippen LogP contribution in [0.4, 0.5) is 0 Å². The molecule has 0 bridgehead atoms. The topological polar surface area (TPSA) is 93.1 Å². The summed E-state index contributed by atoms with van der Waals surface area (Å²) in [5.41, 5.74) is -1.13. The minimum atomic E-state index is -4.68. The first-order chi connectivity index (χ1) is 22.3. The molecule has 0 saturated carbocycles. The summed E-state index contributed by atoms with van der Waals surface area (Å²) in [7, 11) is -4.68. The van der Waals surface area contributed by atoms with E-state index in [4.69, 9.17) is 9.44 Å². The number of hydrogen-bond donors (Lipinski definition) is 2. The number of unbranched alkanes of at least 4 members (excludes halogenated alkanes) is 31. The van der Waals surface area contributed by atoms with E-state index >= 15 is 0 Å². The molecule has 278 valence electrons. The lowest BCUT2D eigenvalue weighted by Gasteiger charge is -2.27. The van der Waals surface area contributed by atoms with Crippen molar-refractivity contribution in [1.29, 1.82) is 0 Å². The van der Waals surface area contributed by atoms with Gasteiger partial charge in [0, 0.05) is 0 Å². The van der Waals surface area contributed by atoms with Crippen LogP contribution in [0.5, 0.6) is 0 Å². The summed E-state index contributed by atoms with van der Waals surface area (Å²) in [5.74, 6) is 0. The molecule has 0 aliphatic carbocycles. The standard InChI is InChI=1S/C39H80O6S/c1-3-5-7-9-11-13-15-17-19-21-23-25-27-29-31-33-35-37-39(40,38-44-45-46(41,42)43)36-34-32-30-28-26-24-22-20-18-16-14-12-10-8-6-4-2/h40H,3-38H2,1-2H3,(H,41,42,43). The van der Waals surface area contributed by atoms with Crippen molar-refractivity contribution in [3.8, 4) is 0 Å². The van der Waals surface area contributed by atoms with Gasteiger partial charge in [0.2, 0.25) is 0 Å². The second kappa shape index (κ2) is 34.6. The van der Waals surface area contributed by atoms with Gasteiger partial charge in [0.1, 0.15) is 6.61 Å². The largest absolute Gasteiger partial charge is 0.424 e. The molecule has 0 amide bonds. The molecule has 0 aromatic rings. The Morgan fingerprint density at radius 1 is 0.413 bits per heavy atom. The second-order valence-corrected chi connectivity index (χ2v) is 15.4. The van der Waals surface area contributed by atoms with Crippen molar-refractivity contribution in [2.24, 2.45) is 0 Å². The molecule has 0 fully saturated rings. The zero-order valence-corrected chi connectivity index (χ0v) is 31.7. The van der Waals surface area contributed by atoms with E-state index in [-0.39, 0.29) is 6.61 Å². The van der Waals surface area contributed by atoms with E-state index in [0.717, 1.165) is 38.5 Å². The van der Waals surface area contributed by atoms with Crippen LogP contribution >= 0.6 is 0 Å². The van der Waals surface area contributed by atoms with Crippen molar-refractivity contribution in [2.45, 2.75) is 244 Å². The van der Waals surface area contributed by atoms with Gasteiger partial charge in [-0.05, 0) is 12.8 Å². The van der Waals surface area contributed by atoms with Crippen LogP contribution in [0.2, 0.25) is 0 Å². The second-order valence-electron chi connectivity index (χ2n) is 14.4. The lowest BCUT2D eigenvalue weighted by atomic mass is 9.90. The smallest absolute Gasteiger partial charge is 0.387 e. The zero-order valence-electron chi connectivity index (χ0n) is 30.9. The molecule has 0 heterocycles. The van der Waals surface area contributed by atoms with Gasteiger partial charge in [-0.1, -0.05) is 230 Å². The summed E-state index contributed by atoms with van der Waals surface area (Å²) in [6, 6.07) is 0. The Balaban J connectivity index is 3.84. The molecule has 6 nitrogen and oxygen atoms in total. The third kappa shape index (κ3) is 36.6. The molecular formula is C39H80O6S. The van der Waals surface area contributed by atoms with Gasteiger partial charge >= 0.3 is 10.4 Å². The SMILES string of the molecule is CCCCCCCCCCCCCCCCCCCC(O)(CCCCCCCCCCCCCCCCCC)COOS(=O)(=O)O. The van der Waals surface area contributed by atoms with E-state index in [9.17, 15) is 13.5 Å². The molecular weight excluding hydrogens is 596 g/mol. The molecule has 0 rings (SSSR count). The van der Waals surface area contributed by atoms with Crippen molar-refractivity contribution in [3.63, 3.8) is 0 Å². The van der Waals surface area contributed by atoms with Gasteiger partial charge in [-0.3, -0.25) is 4.55 Å². The Hall–Kier alpha value is -0.210. The number of aliphatic hydroxyl groups is 1. The van der Waals surface area contributed by atoms with Crippen molar-refractivity contribution in [2.75, 3.05) is 6.61 Å². The van der Waals surface area contributed by atoms with E-state index in [0.29, 0.717) is 12.8 Å². The molecule has 0 aromatic carbocycles. The van der Waals surface area contributed by atoms with Gasteiger partial charge in [-0.15, -0.1) is 0 Å². The van der Waals surface area contributed by atoms with Crippen molar-refractivity contribution >= 4 is 10.4 Å². The number of rotatable bonds is 39. The normalized spacial score (nSPS) is 13.4. The van der Waals surface area contributed by atoms with Crippen LogP contribution in [-0.4, -0.2) is 30.3 Å². The molecule has 0 spiro atoms. The lowest BCUT2D eigenvalue weighted by molar-refractivity contribution is -0.245. The molecule has 0 saturated heterocycles. The Morgan fingerprint density at radius 2 is 0.630 bits per heavy atom. The maximum absolute atomic E-state index is 11.2. The molecule has 1 atom stereocenters. The minimum Gasteiger partial charge on any atom is -0.387 e. The lowest BCUT2D eigenvalue weighted by Crippen LogP contribution is -2.35. The summed E-state index contributed by atoms with van der Waals surface area (Å²) in [6.45, 7) is 4.30. The molecule has 0 aliphatic heterocycles. The van der Waals surface area contributed by atoms with Gasteiger partial charge in [0.25, 0.3) is 0 Å². The third-order valence-corrected chi connectivity index (χ3v) is 9.97. The predicted octanol–water partition coefficient (Wildman–Crippen LogP) is 13.2. The van der Waals surface area contributed by atoms with E-state index in [2.05, 4.69) is 18.2 Å². The highest BCUT2D eigenvalue weighted by molar-refractivity contribution is 7.80. The summed E-state index contributed by atoms with van der Waals surface area (Å²) >= 11 is 0. The van der Waals surface area contributed by atoms with Crippen LogP contribution in [0, 0.1) is 0 Å². The zero-order chi connectivity index (χ0) is 33.9. The average Bonchev–Trinajstić information content (AvgIpc) is 3.01. The fourth-order valence-electron chi connectivity index (χ4n) is 6.64. The quantitative estimate of drug-likeness (QED) is 0.0291. The average molecular weight is 677 g/mol. The molecule has 0 aromatic heterocycles. The van der Waals surface area contributed by atoms with Crippen LogP contribution in [0.25, 0.3) is 0 Å². The van der Waals surface area contributed by atoms with Crippen molar-refractivity contribution < 1.29 is 27.3 Å². The van der Waals surface area contributed by atoms with Crippen LogP contribution < -0.4 is 0 Å². The first kappa shape index (κ1) is 45.8. The third-order valence-electron chi connectivity index (χ3n) is 9.70. The van der Waals surface area contributed by atoms with Crippen LogP contribution in [0.15, 0.2) is 0 Å². The highest BCUT2D eigenvalue weighted by atomic mass is 32.3. The molecule has 1 unspecified atom stereocenters. The van der Waals surface area contributed by atoms with Crippen LogP contribution in [-0.2, 0) is 19.6 Å². The van der Waals surface area contributed by atoms with E-state index in [1.165, 1.54) is 173 Å². The summed E-state index contributed by atoms with van der Waals surface area (Å²) in [4.78, 5) is 4.74. The van der Waals surface area contributed by atoms with Gasteiger partial charge in [-0.25, -0.2) is 4.89 Å². The Kier molecular flexibility index (Phi) is 34.5. The minimum absolute atomic E-state index is 0.246. The van der Waals surface area contributed by atoms with Crippen molar-refractivity contribution in [3.05, 3.63) is 0 Å². The van der Waals surface area contributed by atoms with Crippen molar-refractivity contribution in [1.82, 2.24) is 0 Å². The van der Waals surface area contributed by atoms with E-state index < -0.39 is 16.0 Å². The summed E-state index contributed by atoms with van der Waals surface area (Å²) < 4.78 is 34.7. The Labute approximate surface area is 287 Å². The highest BCUT2D eigenvalue weighted by Gasteiger charge is 2.28. The first-order valence-corrected chi connectivity index (χ1v) is 21.7. The first-order valence-electron chi connectivity index (χ1n) is 20.3. The van der Waals surface area contributed by atoms with Gasteiger partial charge in [0.15, 0.2) is 0 Å². The van der Waals surface area contributed by atoms with Gasteiger partial charge < -0.3 is 5.11 Å². The summed E-state index contributed by atoms with van der Waals surface area (Å²) in [5, 5.41) is 11.2. The Bertz CT molecular complexity index is 701. The molecule has 0 radical (unpaired) electrons. The molecule has 0 aliphatic rings. The highest BCUT2D eigenvalue weighted by Crippen LogP contribution is 2.25. The monoisotopic (exact) mass is 677 g/mol. The van der Waals surface area contributed by atoms with Gasteiger partial charge in [-0.2, -0.15) is 8.42 Å². The maximum atomic E-state index is 11.2.